The Morgan fingerprint density at radius 3 is 2.88 bits per heavy atom. The van der Waals surface area contributed by atoms with Gasteiger partial charge in [0.1, 0.15) is 0 Å². The second-order valence-corrected chi connectivity index (χ2v) is 3.57. The summed E-state index contributed by atoms with van der Waals surface area (Å²) in [5, 5.41) is 4.74. The number of anilines is 1. The molecule has 1 aromatic heterocycles. The van der Waals surface area contributed by atoms with Crippen molar-refractivity contribution in [3.8, 4) is 0 Å². The predicted molar refractivity (Wildman–Crippen MR) is 66.9 cm³/mol. The molecule has 2 aromatic rings. The monoisotopic (exact) mass is 231 g/mol. The minimum Gasteiger partial charge on any atom is -0.278 e. The third-order valence-electron chi connectivity index (χ3n) is 1.90. The van der Waals surface area contributed by atoms with Crippen LogP contribution in [0.2, 0.25) is 5.02 Å². The minimum atomic E-state index is 0.679. The predicted octanol–water partition coefficient (Wildman–Crippen LogP) is 3.18. The first kappa shape index (κ1) is 10.6. The van der Waals surface area contributed by atoms with Gasteiger partial charge in [0.05, 0.1) is 17.6 Å². The fourth-order valence-corrected chi connectivity index (χ4v) is 1.37. The Hall–Kier alpha value is -1.87. The van der Waals surface area contributed by atoms with E-state index in [2.05, 4.69) is 15.5 Å². The van der Waals surface area contributed by atoms with Gasteiger partial charge in [-0.1, -0.05) is 23.7 Å². The first-order chi connectivity index (χ1) is 7.84. The van der Waals surface area contributed by atoms with Crippen LogP contribution in [0.4, 0.5) is 5.69 Å². The van der Waals surface area contributed by atoms with Crippen molar-refractivity contribution >= 4 is 23.5 Å². The fraction of sp³-hybridized carbons (Fsp3) is 0. The lowest BCUT2D eigenvalue weighted by Gasteiger charge is -1.99. The summed E-state index contributed by atoms with van der Waals surface area (Å²) in [7, 11) is 0. The number of rotatable bonds is 3. The molecule has 3 nitrogen and oxygen atoms in total. The van der Waals surface area contributed by atoms with Crippen molar-refractivity contribution in [2.75, 3.05) is 5.43 Å². The van der Waals surface area contributed by atoms with Crippen LogP contribution < -0.4 is 5.43 Å². The lowest BCUT2D eigenvalue weighted by Crippen LogP contribution is -1.91. The van der Waals surface area contributed by atoms with Gasteiger partial charge in [-0.25, -0.2) is 0 Å². The Balaban J connectivity index is 2.00. The van der Waals surface area contributed by atoms with Gasteiger partial charge in [-0.2, -0.15) is 5.10 Å². The van der Waals surface area contributed by atoms with E-state index in [0.29, 0.717) is 5.02 Å². The topological polar surface area (TPSA) is 37.3 Å². The van der Waals surface area contributed by atoms with Crippen LogP contribution in [0, 0.1) is 0 Å². The van der Waals surface area contributed by atoms with Gasteiger partial charge in [-0.05, 0) is 30.3 Å². The molecule has 0 aliphatic rings. The lowest BCUT2D eigenvalue weighted by atomic mass is 10.3. The summed E-state index contributed by atoms with van der Waals surface area (Å²) in [5.74, 6) is 0. The van der Waals surface area contributed by atoms with Crippen LogP contribution in [0.1, 0.15) is 5.69 Å². The number of hydrazone groups is 1. The van der Waals surface area contributed by atoms with Crippen LogP contribution >= 0.6 is 11.6 Å². The zero-order chi connectivity index (χ0) is 11.2. The van der Waals surface area contributed by atoms with Crippen LogP contribution in [0.25, 0.3) is 0 Å². The van der Waals surface area contributed by atoms with Crippen molar-refractivity contribution < 1.29 is 0 Å². The molecule has 16 heavy (non-hydrogen) atoms. The number of nitrogens with zero attached hydrogens (tertiary/aromatic N) is 2. The maximum atomic E-state index is 5.84. The third-order valence-corrected chi connectivity index (χ3v) is 2.14. The van der Waals surface area contributed by atoms with E-state index in [1.54, 1.807) is 18.5 Å². The number of halogens is 1. The average molecular weight is 232 g/mol. The Labute approximate surface area is 98.8 Å². The van der Waals surface area contributed by atoms with E-state index >= 15 is 0 Å². The highest BCUT2D eigenvalue weighted by Gasteiger charge is 1.90. The highest BCUT2D eigenvalue weighted by molar-refractivity contribution is 6.30. The quantitative estimate of drug-likeness (QED) is 0.651. The van der Waals surface area contributed by atoms with Crippen molar-refractivity contribution in [2.24, 2.45) is 5.10 Å². The first-order valence-electron chi connectivity index (χ1n) is 4.80. The van der Waals surface area contributed by atoms with E-state index in [4.69, 9.17) is 11.6 Å². The van der Waals surface area contributed by atoms with Crippen molar-refractivity contribution in [3.05, 3.63) is 59.4 Å². The summed E-state index contributed by atoms with van der Waals surface area (Å²) in [5.41, 5.74) is 4.53. The second-order valence-electron chi connectivity index (χ2n) is 3.13. The largest absolute Gasteiger partial charge is 0.278 e. The summed E-state index contributed by atoms with van der Waals surface area (Å²) in [4.78, 5) is 4.11. The lowest BCUT2D eigenvalue weighted by molar-refractivity contribution is 1.28. The summed E-state index contributed by atoms with van der Waals surface area (Å²) in [6, 6.07) is 13.0. The van der Waals surface area contributed by atoms with Gasteiger partial charge < -0.3 is 0 Å². The maximum Gasteiger partial charge on any atom is 0.0830 e. The molecule has 0 spiro atoms. The molecule has 0 bridgehead atoms. The molecule has 80 valence electrons. The van der Waals surface area contributed by atoms with Gasteiger partial charge in [0.2, 0.25) is 0 Å². The molecule has 0 amide bonds. The first-order valence-corrected chi connectivity index (χ1v) is 5.18. The molecule has 1 heterocycles. The van der Waals surface area contributed by atoms with E-state index in [0.717, 1.165) is 11.4 Å². The van der Waals surface area contributed by atoms with Crippen molar-refractivity contribution in [2.45, 2.75) is 0 Å². The van der Waals surface area contributed by atoms with E-state index in [1.807, 2.05) is 36.4 Å². The van der Waals surface area contributed by atoms with Crippen LogP contribution in [-0.4, -0.2) is 11.2 Å². The van der Waals surface area contributed by atoms with Crippen LogP contribution in [-0.2, 0) is 0 Å². The number of aromatic nitrogens is 1. The third kappa shape index (κ3) is 3.07. The molecule has 0 radical (unpaired) electrons. The molecule has 0 aliphatic carbocycles. The number of benzene rings is 1. The van der Waals surface area contributed by atoms with Crippen LogP contribution in [0.15, 0.2) is 53.8 Å². The van der Waals surface area contributed by atoms with E-state index in [-0.39, 0.29) is 0 Å². The highest BCUT2D eigenvalue weighted by Crippen LogP contribution is 2.14. The molecule has 4 heteroatoms. The SMILES string of the molecule is Clc1cccc(N/N=C/c2ccccn2)c1. The molecule has 2 rings (SSSR count). The number of hydrogen-bond donors (Lipinski definition) is 1. The molecule has 1 N–H and O–H groups in total. The number of nitrogens with one attached hydrogen (secondary N) is 1. The highest BCUT2D eigenvalue weighted by atomic mass is 35.5. The summed E-state index contributed by atoms with van der Waals surface area (Å²) < 4.78 is 0. The van der Waals surface area contributed by atoms with Gasteiger partial charge in [-0.3, -0.25) is 10.4 Å². The Bertz CT molecular complexity index is 483. The molecule has 0 unspecified atom stereocenters. The molecular formula is C12H10ClN3. The zero-order valence-electron chi connectivity index (χ0n) is 8.47. The Morgan fingerprint density at radius 2 is 2.12 bits per heavy atom. The smallest absolute Gasteiger partial charge is 0.0830 e. The molecule has 0 saturated carbocycles. The minimum absolute atomic E-state index is 0.679. The summed E-state index contributed by atoms with van der Waals surface area (Å²) in [6.07, 6.45) is 3.38. The van der Waals surface area contributed by atoms with Crippen molar-refractivity contribution in [3.63, 3.8) is 0 Å². The maximum absolute atomic E-state index is 5.84. The summed E-state index contributed by atoms with van der Waals surface area (Å²) in [6.45, 7) is 0. The van der Waals surface area contributed by atoms with Gasteiger partial charge in [0.25, 0.3) is 0 Å². The standard InChI is InChI=1S/C12H10ClN3/c13-10-4-3-6-11(8-10)16-15-9-12-5-1-2-7-14-12/h1-9,16H/b15-9+. The number of hydrogen-bond acceptors (Lipinski definition) is 3. The molecule has 0 fully saturated rings. The zero-order valence-corrected chi connectivity index (χ0v) is 9.22. The van der Waals surface area contributed by atoms with Crippen molar-refractivity contribution in [1.29, 1.82) is 0 Å². The molecule has 0 aliphatic heterocycles. The molecule has 0 atom stereocenters. The fourth-order valence-electron chi connectivity index (χ4n) is 1.18. The number of pyridine rings is 1. The van der Waals surface area contributed by atoms with Gasteiger partial charge >= 0.3 is 0 Å². The van der Waals surface area contributed by atoms with E-state index in [9.17, 15) is 0 Å². The second kappa shape index (κ2) is 5.28. The Morgan fingerprint density at radius 1 is 1.19 bits per heavy atom. The van der Waals surface area contributed by atoms with E-state index < -0.39 is 0 Å². The van der Waals surface area contributed by atoms with Crippen LogP contribution in [0.3, 0.4) is 0 Å². The van der Waals surface area contributed by atoms with E-state index in [1.165, 1.54) is 0 Å². The molecular weight excluding hydrogens is 222 g/mol. The van der Waals surface area contributed by atoms with Crippen molar-refractivity contribution in [1.82, 2.24) is 4.98 Å². The van der Waals surface area contributed by atoms with Gasteiger partial charge in [-0.15, -0.1) is 0 Å². The average Bonchev–Trinajstić information content (AvgIpc) is 2.30. The Kier molecular flexibility index (Phi) is 3.51. The molecule has 0 saturated heterocycles. The van der Waals surface area contributed by atoms with Gasteiger partial charge in [0, 0.05) is 11.2 Å². The van der Waals surface area contributed by atoms with Gasteiger partial charge in [0.15, 0.2) is 0 Å². The van der Waals surface area contributed by atoms with Crippen LogP contribution in [0.5, 0.6) is 0 Å². The summed E-state index contributed by atoms with van der Waals surface area (Å²) >= 11 is 5.84. The molecule has 1 aromatic carbocycles. The normalized spacial score (nSPS) is 10.6.